The molecule has 1 aliphatic rings. The van der Waals surface area contributed by atoms with E-state index in [1.54, 1.807) is 11.7 Å². The van der Waals surface area contributed by atoms with Crippen LogP contribution in [0, 0.1) is 5.41 Å². The number of nitrogens with zero attached hydrogens (tertiary/aromatic N) is 1. The molecule has 0 aromatic heterocycles. The third-order valence-corrected chi connectivity index (χ3v) is 3.56. The van der Waals surface area contributed by atoms with Crippen LogP contribution >= 0.6 is 0 Å². The molecule has 8 heteroatoms. The van der Waals surface area contributed by atoms with Crippen LogP contribution in [0.4, 0.5) is 0 Å². The summed E-state index contributed by atoms with van der Waals surface area (Å²) in [5.74, 6) is -0.625. The van der Waals surface area contributed by atoms with Crippen LogP contribution < -0.4 is 10.9 Å². The van der Waals surface area contributed by atoms with Gasteiger partial charge < -0.3 is 9.47 Å². The zero-order valence-electron chi connectivity index (χ0n) is 14.5. The van der Waals surface area contributed by atoms with E-state index in [1.807, 2.05) is 0 Å². The maximum Gasteiger partial charge on any atom is 0.243 e. The minimum absolute atomic E-state index is 0.0874. The number of rotatable bonds is 10. The Morgan fingerprint density at radius 3 is 2.42 bits per heavy atom. The number of hydrazone groups is 1. The first-order chi connectivity index (χ1) is 11.4. The molecule has 0 spiro atoms. The van der Waals surface area contributed by atoms with E-state index in [0.29, 0.717) is 32.5 Å². The second-order valence-corrected chi connectivity index (χ2v) is 6.74. The number of hydrogen-bond acceptors (Lipinski definition) is 6. The van der Waals surface area contributed by atoms with Gasteiger partial charge in [0.25, 0.3) is 0 Å². The van der Waals surface area contributed by atoms with Crippen molar-refractivity contribution >= 4 is 18.0 Å². The van der Waals surface area contributed by atoms with Gasteiger partial charge in [-0.3, -0.25) is 14.8 Å². The maximum atomic E-state index is 11.5. The summed E-state index contributed by atoms with van der Waals surface area (Å²) in [5.41, 5.74) is 4.09. The van der Waals surface area contributed by atoms with Crippen LogP contribution in [0.2, 0.25) is 0 Å². The van der Waals surface area contributed by atoms with E-state index in [4.69, 9.17) is 14.7 Å². The molecule has 1 aliphatic heterocycles. The number of hydrogen-bond donors (Lipinski definition) is 3. The fourth-order valence-corrected chi connectivity index (χ4v) is 2.13. The van der Waals surface area contributed by atoms with Crippen molar-refractivity contribution in [2.75, 3.05) is 13.2 Å². The first-order valence-electron chi connectivity index (χ1n) is 8.39. The highest BCUT2D eigenvalue weighted by Gasteiger charge is 2.27. The van der Waals surface area contributed by atoms with E-state index < -0.39 is 5.91 Å². The minimum Gasteiger partial charge on any atom is -0.352 e. The summed E-state index contributed by atoms with van der Waals surface area (Å²) in [6, 6.07) is 0. The number of carbonyl (C=O) groups is 2. The number of unbranched alkanes of at least 4 members (excludes halogenated alkanes) is 2. The molecule has 3 N–H and O–H groups in total. The second kappa shape index (κ2) is 11.1. The zero-order valence-corrected chi connectivity index (χ0v) is 14.5. The van der Waals surface area contributed by atoms with Gasteiger partial charge >= 0.3 is 0 Å². The van der Waals surface area contributed by atoms with Gasteiger partial charge in [0.15, 0.2) is 6.29 Å². The topological polar surface area (TPSA) is 109 Å². The summed E-state index contributed by atoms with van der Waals surface area (Å²) in [7, 11) is 0. The van der Waals surface area contributed by atoms with Crippen molar-refractivity contribution in [3.05, 3.63) is 0 Å². The number of nitrogens with one attached hydrogen (secondary N) is 2. The Labute approximate surface area is 142 Å². The van der Waals surface area contributed by atoms with Crippen LogP contribution in [0.5, 0.6) is 0 Å². The van der Waals surface area contributed by atoms with Crippen LogP contribution in [0.3, 0.4) is 0 Å². The lowest BCUT2D eigenvalue weighted by atomic mass is 9.95. The normalized spacial score (nSPS) is 17.8. The van der Waals surface area contributed by atoms with Crippen LogP contribution in [0.1, 0.15) is 58.8 Å². The Balaban J connectivity index is 1.97. The molecular weight excluding hydrogens is 314 g/mol. The Bertz CT molecular complexity index is 416. The van der Waals surface area contributed by atoms with Gasteiger partial charge in [0.05, 0.1) is 13.2 Å². The largest absolute Gasteiger partial charge is 0.352 e. The Kier molecular flexibility index (Phi) is 9.51. The highest BCUT2D eigenvalue weighted by atomic mass is 16.7. The van der Waals surface area contributed by atoms with Gasteiger partial charge in [-0.15, -0.1) is 0 Å². The van der Waals surface area contributed by atoms with Gasteiger partial charge in [-0.25, -0.2) is 10.9 Å². The molecule has 8 nitrogen and oxygen atoms in total. The molecule has 0 unspecified atom stereocenters. The smallest absolute Gasteiger partial charge is 0.243 e. The second-order valence-electron chi connectivity index (χ2n) is 6.74. The molecule has 0 saturated carbocycles. The van der Waals surface area contributed by atoms with Crippen LogP contribution in [-0.2, 0) is 19.1 Å². The van der Waals surface area contributed by atoms with Crippen molar-refractivity contribution in [3.63, 3.8) is 0 Å². The number of ether oxygens (including phenoxy) is 2. The van der Waals surface area contributed by atoms with Crippen molar-refractivity contribution in [3.8, 4) is 0 Å². The van der Waals surface area contributed by atoms with Gasteiger partial charge in [0.1, 0.15) is 0 Å². The maximum absolute atomic E-state index is 11.5. The van der Waals surface area contributed by atoms with Gasteiger partial charge in [0, 0.05) is 24.5 Å². The van der Waals surface area contributed by atoms with E-state index in [9.17, 15) is 9.59 Å². The predicted octanol–water partition coefficient (Wildman–Crippen LogP) is 1.72. The third kappa shape index (κ3) is 9.59. The Morgan fingerprint density at radius 2 is 1.79 bits per heavy atom. The first-order valence-corrected chi connectivity index (χ1v) is 8.39. The van der Waals surface area contributed by atoms with Crippen LogP contribution in [0.25, 0.3) is 0 Å². The summed E-state index contributed by atoms with van der Waals surface area (Å²) < 4.78 is 11.3. The third-order valence-electron chi connectivity index (χ3n) is 3.56. The number of hydroxylamine groups is 1. The minimum atomic E-state index is -0.442. The SMILES string of the molecule is CC1(C)COC(CCC/C=N/NC(=O)CCCCC(=O)NO)OC1. The lowest BCUT2D eigenvalue weighted by Gasteiger charge is -2.34. The quantitative estimate of drug-likeness (QED) is 0.242. The van der Waals surface area contributed by atoms with Gasteiger partial charge in [-0.05, 0) is 32.1 Å². The molecule has 0 bridgehead atoms. The van der Waals surface area contributed by atoms with E-state index in [1.165, 1.54) is 0 Å². The monoisotopic (exact) mass is 343 g/mol. The molecule has 2 amide bonds. The standard InChI is InChI=1S/C16H29N3O5/c1-16(2)11-23-15(24-12-16)9-5-6-10-17-18-13(20)7-3-4-8-14(21)19-22/h10,15,22H,3-9,11-12H2,1-2H3,(H,18,20)(H,19,21)/b17-10+. The average molecular weight is 343 g/mol. The predicted molar refractivity (Wildman–Crippen MR) is 88.4 cm³/mol. The molecule has 1 saturated heterocycles. The molecule has 0 aromatic rings. The summed E-state index contributed by atoms with van der Waals surface area (Å²) in [5, 5.41) is 12.2. The molecular formula is C16H29N3O5. The summed E-state index contributed by atoms with van der Waals surface area (Å²) >= 11 is 0. The van der Waals surface area contributed by atoms with Crippen molar-refractivity contribution in [1.29, 1.82) is 0 Å². The first kappa shape index (κ1) is 20.5. The summed E-state index contributed by atoms with van der Waals surface area (Å²) in [6.07, 6.45) is 5.57. The van der Waals surface area contributed by atoms with Gasteiger partial charge in [-0.2, -0.15) is 5.10 Å². The van der Waals surface area contributed by atoms with Crippen LogP contribution in [0.15, 0.2) is 5.10 Å². The fraction of sp³-hybridized carbons (Fsp3) is 0.812. The van der Waals surface area contributed by atoms with Gasteiger partial charge in [-0.1, -0.05) is 13.8 Å². The van der Waals surface area contributed by atoms with Crippen LogP contribution in [-0.4, -0.2) is 42.7 Å². The summed E-state index contributed by atoms with van der Waals surface area (Å²) in [6.45, 7) is 5.64. The summed E-state index contributed by atoms with van der Waals surface area (Å²) in [4.78, 5) is 22.3. The molecule has 1 rings (SSSR count). The Hall–Kier alpha value is -1.51. The molecule has 0 radical (unpaired) electrons. The fourth-order valence-electron chi connectivity index (χ4n) is 2.13. The average Bonchev–Trinajstić information content (AvgIpc) is 2.55. The van der Waals surface area contributed by atoms with E-state index in [0.717, 1.165) is 19.3 Å². The molecule has 138 valence electrons. The molecule has 1 heterocycles. The highest BCUT2D eigenvalue weighted by molar-refractivity contribution is 5.77. The van der Waals surface area contributed by atoms with E-state index in [2.05, 4.69) is 24.4 Å². The zero-order chi connectivity index (χ0) is 17.8. The van der Waals surface area contributed by atoms with Crippen molar-refractivity contribution < 1.29 is 24.3 Å². The van der Waals surface area contributed by atoms with Crippen molar-refractivity contribution in [1.82, 2.24) is 10.9 Å². The molecule has 24 heavy (non-hydrogen) atoms. The van der Waals surface area contributed by atoms with Gasteiger partial charge in [0.2, 0.25) is 11.8 Å². The molecule has 1 fully saturated rings. The lowest BCUT2D eigenvalue weighted by molar-refractivity contribution is -0.223. The molecule has 0 aromatic carbocycles. The Morgan fingerprint density at radius 1 is 1.17 bits per heavy atom. The van der Waals surface area contributed by atoms with Crippen molar-refractivity contribution in [2.45, 2.75) is 65.1 Å². The highest BCUT2D eigenvalue weighted by Crippen LogP contribution is 2.24. The molecule has 0 aliphatic carbocycles. The lowest BCUT2D eigenvalue weighted by Crippen LogP contribution is -2.37. The molecule has 0 atom stereocenters. The number of carbonyl (C=O) groups excluding carboxylic acids is 2. The van der Waals surface area contributed by atoms with Crippen molar-refractivity contribution in [2.24, 2.45) is 10.5 Å². The number of amides is 2. The van der Waals surface area contributed by atoms with E-state index >= 15 is 0 Å². The van der Waals surface area contributed by atoms with E-state index in [-0.39, 0.29) is 24.0 Å².